The first-order valence-corrected chi connectivity index (χ1v) is 9.01. The lowest BCUT2D eigenvalue weighted by atomic mass is 10.1. The zero-order chi connectivity index (χ0) is 21.7. The van der Waals surface area contributed by atoms with E-state index < -0.39 is 22.6 Å². The van der Waals surface area contributed by atoms with Crippen LogP contribution in [0.15, 0.2) is 24.3 Å². The van der Waals surface area contributed by atoms with Gasteiger partial charge in [0.1, 0.15) is 5.82 Å². The fraction of sp³-hybridized carbons (Fsp3) is 0.300. The molecule has 1 amide bonds. The van der Waals surface area contributed by atoms with E-state index in [2.05, 4.69) is 5.32 Å². The summed E-state index contributed by atoms with van der Waals surface area (Å²) < 4.78 is 20.9. The molecule has 1 aromatic heterocycles. The fourth-order valence-electron chi connectivity index (χ4n) is 3.10. The molecule has 0 spiro atoms. The van der Waals surface area contributed by atoms with Crippen molar-refractivity contribution >= 4 is 29.3 Å². The van der Waals surface area contributed by atoms with Crippen LogP contribution in [0.3, 0.4) is 0 Å². The predicted molar refractivity (Wildman–Crippen MR) is 106 cm³/mol. The largest absolute Gasteiger partial charge is 0.462 e. The highest BCUT2D eigenvalue weighted by atomic mass is 19.1. The lowest BCUT2D eigenvalue weighted by Gasteiger charge is -2.05. The summed E-state index contributed by atoms with van der Waals surface area (Å²) in [5, 5.41) is 13.1. The molecule has 0 saturated carbocycles. The number of aromatic nitrogens is 1. The first-order valence-electron chi connectivity index (χ1n) is 9.01. The summed E-state index contributed by atoms with van der Waals surface area (Å²) in [4.78, 5) is 34.7. The number of nitrogens with zero attached hydrogens (tertiary/aromatic N) is 2. The second-order valence-electron chi connectivity index (χ2n) is 6.17. The average molecular weight is 403 g/mol. The number of benzene rings is 1. The van der Waals surface area contributed by atoms with Gasteiger partial charge in [0.25, 0.3) is 5.69 Å². The van der Waals surface area contributed by atoms with Gasteiger partial charge in [0, 0.05) is 41.7 Å². The third-order valence-electron chi connectivity index (χ3n) is 4.45. The van der Waals surface area contributed by atoms with Crippen LogP contribution in [-0.2, 0) is 16.1 Å². The summed E-state index contributed by atoms with van der Waals surface area (Å²) in [6.45, 7) is 8.08. The average Bonchev–Trinajstić information content (AvgIpc) is 2.91. The molecule has 0 aliphatic heterocycles. The van der Waals surface area contributed by atoms with E-state index in [1.807, 2.05) is 18.4 Å². The van der Waals surface area contributed by atoms with Crippen molar-refractivity contribution in [3.8, 4) is 0 Å². The number of rotatable bonds is 7. The lowest BCUT2D eigenvalue weighted by Crippen LogP contribution is -2.10. The third kappa shape index (κ3) is 4.68. The summed E-state index contributed by atoms with van der Waals surface area (Å²) in [6.07, 6.45) is 2.59. The van der Waals surface area contributed by atoms with E-state index in [0.29, 0.717) is 23.4 Å². The number of halogens is 1. The van der Waals surface area contributed by atoms with Gasteiger partial charge in [0.2, 0.25) is 5.91 Å². The third-order valence-corrected chi connectivity index (χ3v) is 4.45. The van der Waals surface area contributed by atoms with Crippen molar-refractivity contribution in [3.05, 3.63) is 62.7 Å². The Kier molecular flexibility index (Phi) is 6.87. The first kappa shape index (κ1) is 21.8. The van der Waals surface area contributed by atoms with E-state index in [1.54, 1.807) is 13.8 Å². The number of nitro benzene ring substituents is 1. The van der Waals surface area contributed by atoms with Gasteiger partial charge in [-0.2, -0.15) is 0 Å². The molecule has 0 aliphatic rings. The summed E-state index contributed by atoms with van der Waals surface area (Å²) in [7, 11) is 0. The Balaban J connectivity index is 2.34. The molecule has 0 aliphatic carbocycles. The van der Waals surface area contributed by atoms with Crippen LogP contribution in [0.5, 0.6) is 0 Å². The second-order valence-corrected chi connectivity index (χ2v) is 6.17. The molecule has 29 heavy (non-hydrogen) atoms. The van der Waals surface area contributed by atoms with Gasteiger partial charge in [-0.3, -0.25) is 14.9 Å². The maximum Gasteiger partial charge on any atom is 0.340 e. The van der Waals surface area contributed by atoms with E-state index >= 15 is 0 Å². The number of anilines is 1. The van der Waals surface area contributed by atoms with Gasteiger partial charge in [0.15, 0.2) is 0 Å². The van der Waals surface area contributed by atoms with Gasteiger partial charge in [-0.05, 0) is 39.8 Å². The van der Waals surface area contributed by atoms with E-state index in [9.17, 15) is 24.1 Å². The van der Waals surface area contributed by atoms with E-state index in [-0.39, 0.29) is 18.0 Å². The van der Waals surface area contributed by atoms with Gasteiger partial charge in [-0.25, -0.2) is 9.18 Å². The minimum atomic E-state index is -0.797. The molecule has 0 radical (unpaired) electrons. The van der Waals surface area contributed by atoms with Gasteiger partial charge in [-0.1, -0.05) is 0 Å². The highest BCUT2D eigenvalue weighted by molar-refractivity contribution is 6.04. The highest BCUT2D eigenvalue weighted by Gasteiger charge is 2.22. The van der Waals surface area contributed by atoms with Crippen LogP contribution >= 0.6 is 0 Å². The molecule has 8 nitrogen and oxygen atoms in total. The number of carbonyl (C=O) groups is 2. The number of carbonyl (C=O) groups excluding carboxylic acids is 2. The number of amides is 1. The Morgan fingerprint density at radius 3 is 2.55 bits per heavy atom. The molecule has 154 valence electrons. The Morgan fingerprint density at radius 1 is 1.28 bits per heavy atom. The SMILES string of the molecule is CCOC(=O)c1c(/C=C/C(=O)Nc2cc([N+](=O)[O-])ccc2F)c(C)n(CC)c1C. The summed E-state index contributed by atoms with van der Waals surface area (Å²) >= 11 is 0. The molecular weight excluding hydrogens is 381 g/mol. The van der Waals surface area contributed by atoms with Crippen LogP contribution in [0.4, 0.5) is 15.8 Å². The molecule has 0 atom stereocenters. The van der Waals surface area contributed by atoms with Crippen molar-refractivity contribution in [1.82, 2.24) is 4.57 Å². The molecule has 0 unspecified atom stereocenters. The normalized spacial score (nSPS) is 10.9. The molecule has 0 fully saturated rings. The number of nitro groups is 1. The van der Waals surface area contributed by atoms with Crippen LogP contribution in [0.2, 0.25) is 0 Å². The number of esters is 1. The molecule has 0 saturated heterocycles. The molecule has 9 heteroatoms. The fourth-order valence-corrected chi connectivity index (χ4v) is 3.10. The Bertz CT molecular complexity index is 994. The van der Waals surface area contributed by atoms with Gasteiger partial charge in [-0.15, -0.1) is 0 Å². The first-order chi connectivity index (χ1) is 13.7. The molecule has 0 bridgehead atoms. The van der Waals surface area contributed by atoms with Crippen molar-refractivity contribution in [3.63, 3.8) is 0 Å². The molecule has 1 aromatic carbocycles. The Hall–Kier alpha value is -3.49. The van der Waals surface area contributed by atoms with E-state index in [0.717, 1.165) is 30.0 Å². The standard InChI is InChI=1S/C20H22FN3O5/c1-5-23-12(3)15(19(13(23)4)20(26)29-6-2)8-10-18(25)22-17-11-14(24(27)28)7-9-16(17)21/h7-11H,5-6H2,1-4H3,(H,22,25)/b10-8+. The second kappa shape index (κ2) is 9.13. The van der Waals surface area contributed by atoms with Crippen molar-refractivity contribution in [2.24, 2.45) is 0 Å². The van der Waals surface area contributed by atoms with Crippen LogP contribution < -0.4 is 5.32 Å². The Morgan fingerprint density at radius 2 is 1.97 bits per heavy atom. The molecular formula is C20H22FN3O5. The zero-order valence-corrected chi connectivity index (χ0v) is 16.6. The quantitative estimate of drug-likeness (QED) is 0.326. The highest BCUT2D eigenvalue weighted by Crippen LogP contribution is 2.25. The number of hydrogen-bond donors (Lipinski definition) is 1. The minimum Gasteiger partial charge on any atom is -0.462 e. The molecule has 2 rings (SSSR count). The number of nitrogens with one attached hydrogen (secondary N) is 1. The van der Waals surface area contributed by atoms with Crippen molar-refractivity contribution < 1.29 is 23.6 Å². The van der Waals surface area contributed by atoms with Crippen molar-refractivity contribution in [1.29, 1.82) is 0 Å². The molecule has 1 N–H and O–H groups in total. The Labute approximate surface area is 167 Å². The number of ether oxygens (including phenoxy) is 1. The van der Waals surface area contributed by atoms with Crippen LogP contribution in [-0.4, -0.2) is 28.0 Å². The number of hydrogen-bond acceptors (Lipinski definition) is 5. The predicted octanol–water partition coefficient (Wildman–Crippen LogP) is 4.00. The smallest absolute Gasteiger partial charge is 0.340 e. The summed E-state index contributed by atoms with van der Waals surface area (Å²) in [5.74, 6) is -1.99. The monoisotopic (exact) mass is 403 g/mol. The topological polar surface area (TPSA) is 103 Å². The lowest BCUT2D eigenvalue weighted by molar-refractivity contribution is -0.384. The van der Waals surface area contributed by atoms with E-state index in [1.165, 1.54) is 6.08 Å². The van der Waals surface area contributed by atoms with Gasteiger partial charge in [0.05, 0.1) is 22.8 Å². The van der Waals surface area contributed by atoms with Gasteiger partial charge >= 0.3 is 5.97 Å². The van der Waals surface area contributed by atoms with Crippen molar-refractivity contribution in [2.45, 2.75) is 34.2 Å². The van der Waals surface area contributed by atoms with Gasteiger partial charge < -0.3 is 14.6 Å². The van der Waals surface area contributed by atoms with E-state index in [4.69, 9.17) is 4.74 Å². The maximum absolute atomic E-state index is 13.9. The maximum atomic E-state index is 13.9. The molecule has 1 heterocycles. The van der Waals surface area contributed by atoms with Crippen LogP contribution in [0, 0.1) is 29.8 Å². The van der Waals surface area contributed by atoms with Crippen LogP contribution in [0.1, 0.15) is 41.2 Å². The van der Waals surface area contributed by atoms with Crippen LogP contribution in [0.25, 0.3) is 6.08 Å². The minimum absolute atomic E-state index is 0.213. The number of non-ortho nitro benzene ring substituents is 1. The summed E-state index contributed by atoms with van der Waals surface area (Å²) in [6, 6.07) is 2.85. The summed E-state index contributed by atoms with van der Waals surface area (Å²) in [5.41, 5.74) is 1.72. The molecule has 2 aromatic rings. The van der Waals surface area contributed by atoms with Crippen molar-refractivity contribution in [2.75, 3.05) is 11.9 Å². The zero-order valence-electron chi connectivity index (χ0n) is 16.6.